The van der Waals surface area contributed by atoms with Gasteiger partial charge in [0.25, 0.3) is 0 Å². The molecule has 88 valence electrons. The Morgan fingerprint density at radius 3 is 2.53 bits per heavy atom. The van der Waals surface area contributed by atoms with Crippen LogP contribution in [0.5, 0.6) is 0 Å². The van der Waals surface area contributed by atoms with E-state index in [1.54, 1.807) is 0 Å². The third-order valence-corrected chi connectivity index (χ3v) is 3.07. The summed E-state index contributed by atoms with van der Waals surface area (Å²) in [6.07, 6.45) is 3.72. The molecule has 4 heteroatoms. The molecule has 0 aliphatic carbocycles. The summed E-state index contributed by atoms with van der Waals surface area (Å²) in [5, 5.41) is 4.03. The van der Waals surface area contributed by atoms with Crippen molar-refractivity contribution >= 4 is 6.01 Å². The Labute approximate surface area is 100 Å². The van der Waals surface area contributed by atoms with Gasteiger partial charge in [0.2, 0.25) is 5.82 Å². The Kier molecular flexibility index (Phi) is 2.78. The minimum atomic E-state index is 0.656. The summed E-state index contributed by atoms with van der Waals surface area (Å²) in [6, 6.07) is 10.6. The van der Waals surface area contributed by atoms with Gasteiger partial charge in [-0.1, -0.05) is 35.5 Å². The summed E-state index contributed by atoms with van der Waals surface area (Å²) in [4.78, 5) is 6.62. The van der Waals surface area contributed by atoms with Crippen LogP contribution < -0.4 is 4.90 Å². The van der Waals surface area contributed by atoms with Crippen LogP contribution >= 0.6 is 0 Å². The van der Waals surface area contributed by atoms with Gasteiger partial charge in [0.1, 0.15) is 0 Å². The third kappa shape index (κ3) is 2.16. The molecule has 0 radical (unpaired) electrons. The van der Waals surface area contributed by atoms with Crippen molar-refractivity contribution in [1.82, 2.24) is 10.1 Å². The molecule has 1 aromatic heterocycles. The molecule has 1 aliphatic rings. The Morgan fingerprint density at radius 1 is 1.00 bits per heavy atom. The molecule has 0 amide bonds. The average Bonchev–Trinajstić information content (AvgIpc) is 2.90. The van der Waals surface area contributed by atoms with Crippen molar-refractivity contribution in [3.8, 4) is 11.4 Å². The molecule has 1 saturated heterocycles. The van der Waals surface area contributed by atoms with Crippen molar-refractivity contribution in [1.29, 1.82) is 0 Å². The first-order chi connectivity index (χ1) is 8.43. The molecule has 3 rings (SSSR count). The van der Waals surface area contributed by atoms with Crippen molar-refractivity contribution in [2.24, 2.45) is 0 Å². The van der Waals surface area contributed by atoms with Gasteiger partial charge in [-0.15, -0.1) is 0 Å². The van der Waals surface area contributed by atoms with Gasteiger partial charge in [-0.05, 0) is 19.3 Å². The van der Waals surface area contributed by atoms with Crippen LogP contribution in [0.25, 0.3) is 11.4 Å². The maximum atomic E-state index is 5.32. The van der Waals surface area contributed by atoms with Gasteiger partial charge in [0.05, 0.1) is 0 Å². The zero-order chi connectivity index (χ0) is 11.5. The highest BCUT2D eigenvalue weighted by atomic mass is 16.5. The fraction of sp³-hybridized carbons (Fsp3) is 0.385. The van der Waals surface area contributed by atoms with Gasteiger partial charge >= 0.3 is 6.01 Å². The zero-order valence-electron chi connectivity index (χ0n) is 9.67. The second-order valence-electron chi connectivity index (χ2n) is 4.31. The van der Waals surface area contributed by atoms with Crippen LogP contribution in [0.15, 0.2) is 34.9 Å². The highest BCUT2D eigenvalue weighted by molar-refractivity contribution is 5.55. The van der Waals surface area contributed by atoms with E-state index >= 15 is 0 Å². The number of nitrogens with zero attached hydrogens (tertiary/aromatic N) is 3. The second-order valence-corrected chi connectivity index (χ2v) is 4.31. The minimum absolute atomic E-state index is 0.656. The molecule has 1 aliphatic heterocycles. The van der Waals surface area contributed by atoms with Crippen molar-refractivity contribution in [3.05, 3.63) is 30.3 Å². The van der Waals surface area contributed by atoms with Gasteiger partial charge in [-0.25, -0.2) is 0 Å². The van der Waals surface area contributed by atoms with E-state index in [1.165, 1.54) is 19.3 Å². The lowest BCUT2D eigenvalue weighted by Crippen LogP contribution is -2.29. The maximum Gasteiger partial charge on any atom is 0.324 e. The van der Waals surface area contributed by atoms with E-state index in [0.29, 0.717) is 11.8 Å². The lowest BCUT2D eigenvalue weighted by molar-refractivity contribution is 0.403. The molecule has 4 nitrogen and oxygen atoms in total. The molecule has 1 fully saturated rings. The second kappa shape index (κ2) is 4.57. The highest BCUT2D eigenvalue weighted by Crippen LogP contribution is 2.21. The molecular formula is C13H15N3O. The SMILES string of the molecule is c1ccc(-c2noc(N3CCCCC3)n2)cc1. The molecule has 1 aromatic carbocycles. The number of hydrogen-bond donors (Lipinski definition) is 0. The number of benzene rings is 1. The molecular weight excluding hydrogens is 214 g/mol. The first-order valence-electron chi connectivity index (χ1n) is 6.07. The van der Waals surface area contributed by atoms with Crippen LogP contribution in [0, 0.1) is 0 Å². The first kappa shape index (κ1) is 10.3. The Balaban J connectivity index is 1.83. The number of aromatic nitrogens is 2. The van der Waals surface area contributed by atoms with Crippen LogP contribution in [0.3, 0.4) is 0 Å². The van der Waals surface area contributed by atoms with Gasteiger partial charge in [0.15, 0.2) is 0 Å². The molecule has 0 atom stereocenters. The molecule has 0 saturated carbocycles. The lowest BCUT2D eigenvalue weighted by atomic mass is 10.1. The smallest absolute Gasteiger partial charge is 0.324 e. The van der Waals surface area contributed by atoms with Gasteiger partial charge in [-0.3, -0.25) is 0 Å². The van der Waals surface area contributed by atoms with Crippen molar-refractivity contribution in [3.63, 3.8) is 0 Å². The minimum Gasteiger partial charge on any atom is -0.324 e. The standard InChI is InChI=1S/C13H15N3O/c1-3-7-11(8-4-1)12-14-13(17-15-12)16-9-5-2-6-10-16/h1,3-4,7-8H,2,5-6,9-10H2. The molecule has 17 heavy (non-hydrogen) atoms. The predicted molar refractivity (Wildman–Crippen MR) is 65.8 cm³/mol. The monoisotopic (exact) mass is 229 g/mol. The van der Waals surface area contributed by atoms with Crippen molar-refractivity contribution in [2.75, 3.05) is 18.0 Å². The van der Waals surface area contributed by atoms with Crippen molar-refractivity contribution in [2.45, 2.75) is 19.3 Å². The normalized spacial score (nSPS) is 16.1. The first-order valence-corrected chi connectivity index (χ1v) is 6.07. The summed E-state index contributed by atoms with van der Waals surface area (Å²) in [6.45, 7) is 2.05. The molecule has 0 bridgehead atoms. The Bertz CT molecular complexity index is 474. The lowest BCUT2D eigenvalue weighted by Gasteiger charge is -2.23. The van der Waals surface area contributed by atoms with E-state index in [2.05, 4.69) is 15.0 Å². The number of piperidine rings is 1. The Hall–Kier alpha value is -1.84. The van der Waals surface area contributed by atoms with E-state index in [9.17, 15) is 0 Å². The van der Waals surface area contributed by atoms with Gasteiger partial charge < -0.3 is 9.42 Å². The molecule has 2 aromatic rings. The van der Waals surface area contributed by atoms with Crippen LogP contribution in [0.4, 0.5) is 6.01 Å². The van der Waals surface area contributed by atoms with Crippen LogP contribution in [0.1, 0.15) is 19.3 Å². The highest BCUT2D eigenvalue weighted by Gasteiger charge is 2.17. The zero-order valence-corrected chi connectivity index (χ0v) is 9.67. The van der Waals surface area contributed by atoms with Crippen LogP contribution in [-0.4, -0.2) is 23.2 Å². The number of anilines is 1. The Morgan fingerprint density at radius 2 is 1.76 bits per heavy atom. The fourth-order valence-corrected chi connectivity index (χ4v) is 2.13. The molecule has 0 unspecified atom stereocenters. The average molecular weight is 229 g/mol. The van der Waals surface area contributed by atoms with Crippen LogP contribution in [-0.2, 0) is 0 Å². The number of rotatable bonds is 2. The largest absolute Gasteiger partial charge is 0.324 e. The number of hydrogen-bond acceptors (Lipinski definition) is 4. The summed E-state index contributed by atoms with van der Waals surface area (Å²) < 4.78 is 5.32. The molecule has 2 heterocycles. The molecule has 0 N–H and O–H groups in total. The van der Waals surface area contributed by atoms with E-state index in [-0.39, 0.29) is 0 Å². The summed E-state index contributed by atoms with van der Waals surface area (Å²) in [7, 11) is 0. The quantitative estimate of drug-likeness (QED) is 0.794. The predicted octanol–water partition coefficient (Wildman–Crippen LogP) is 2.73. The summed E-state index contributed by atoms with van der Waals surface area (Å²) >= 11 is 0. The summed E-state index contributed by atoms with van der Waals surface area (Å²) in [5.41, 5.74) is 1.000. The van der Waals surface area contributed by atoms with Crippen molar-refractivity contribution < 1.29 is 4.52 Å². The van der Waals surface area contributed by atoms with E-state index in [0.717, 1.165) is 18.7 Å². The maximum absolute atomic E-state index is 5.32. The third-order valence-electron chi connectivity index (χ3n) is 3.07. The molecule has 0 spiro atoms. The topological polar surface area (TPSA) is 42.2 Å². The fourth-order valence-electron chi connectivity index (χ4n) is 2.13. The van der Waals surface area contributed by atoms with Crippen LogP contribution in [0.2, 0.25) is 0 Å². The summed E-state index contributed by atoms with van der Waals surface area (Å²) in [5.74, 6) is 0.672. The van der Waals surface area contributed by atoms with E-state index < -0.39 is 0 Å². The van der Waals surface area contributed by atoms with E-state index in [1.807, 2.05) is 30.3 Å². The van der Waals surface area contributed by atoms with Gasteiger partial charge in [-0.2, -0.15) is 4.98 Å². The van der Waals surface area contributed by atoms with Gasteiger partial charge in [0, 0.05) is 18.7 Å². The van der Waals surface area contributed by atoms with E-state index in [4.69, 9.17) is 4.52 Å².